The molecule has 7 nitrogen and oxygen atoms in total. The highest BCUT2D eigenvalue weighted by Crippen LogP contribution is 2.32. The molecule has 162 valence electrons. The van der Waals surface area contributed by atoms with Gasteiger partial charge in [-0.15, -0.1) is 6.58 Å². The topological polar surface area (TPSA) is 65.1 Å². The minimum Gasteiger partial charge on any atom is -0.463 e. The van der Waals surface area contributed by atoms with Crippen LogP contribution in [0.3, 0.4) is 0 Å². The van der Waals surface area contributed by atoms with Crippen molar-refractivity contribution in [3.8, 4) is 0 Å². The van der Waals surface area contributed by atoms with Crippen molar-refractivity contribution in [3.05, 3.63) is 58.8 Å². The monoisotopic (exact) mass is 432 g/mol. The summed E-state index contributed by atoms with van der Waals surface area (Å²) in [6.07, 6.45) is 1.66. The lowest BCUT2D eigenvalue weighted by atomic mass is 9.94. The Kier molecular flexibility index (Phi) is 7.53. The van der Waals surface area contributed by atoms with Crippen molar-refractivity contribution in [1.82, 2.24) is 20.0 Å². The van der Waals surface area contributed by atoms with Crippen LogP contribution >= 0.6 is 11.6 Å². The Labute approximate surface area is 182 Å². The normalized spacial score (nSPS) is 20.8. The Bertz CT molecular complexity index is 816. The maximum atomic E-state index is 13.1. The third-order valence-electron chi connectivity index (χ3n) is 5.42. The average molecular weight is 433 g/mol. The zero-order valence-electron chi connectivity index (χ0n) is 17.6. The van der Waals surface area contributed by atoms with Gasteiger partial charge in [-0.25, -0.2) is 9.59 Å². The number of carbonyl (C=O) groups is 2. The fourth-order valence-electron chi connectivity index (χ4n) is 3.77. The van der Waals surface area contributed by atoms with Gasteiger partial charge in [0.2, 0.25) is 0 Å². The minimum atomic E-state index is -0.600. The standard InChI is InChI=1S/C22H29ClN4O3/c1-4-10-27-18(15-26-13-11-25(3)12-14-26)19(21(28)30-5-2)20(24-22(27)29)16-6-8-17(23)9-7-16/h4,6-9,20H,1,5,10-15H2,2-3H3,(H,24,29)/t20-/m1/s1. The molecule has 1 aromatic rings. The van der Waals surface area contributed by atoms with Crippen LogP contribution in [0.2, 0.25) is 5.02 Å². The van der Waals surface area contributed by atoms with Crippen molar-refractivity contribution in [2.24, 2.45) is 0 Å². The van der Waals surface area contributed by atoms with Crippen molar-refractivity contribution in [2.75, 3.05) is 52.9 Å². The fraction of sp³-hybridized carbons (Fsp3) is 0.455. The number of nitrogens with one attached hydrogen (secondary N) is 1. The number of benzene rings is 1. The Morgan fingerprint density at radius 3 is 2.53 bits per heavy atom. The lowest BCUT2D eigenvalue weighted by Gasteiger charge is -2.40. The lowest BCUT2D eigenvalue weighted by molar-refractivity contribution is -0.139. The molecule has 30 heavy (non-hydrogen) atoms. The van der Waals surface area contributed by atoms with Gasteiger partial charge in [-0.05, 0) is 31.7 Å². The molecule has 1 fully saturated rings. The van der Waals surface area contributed by atoms with Gasteiger partial charge in [-0.3, -0.25) is 9.80 Å². The Balaban J connectivity index is 2.06. The van der Waals surface area contributed by atoms with E-state index in [4.69, 9.17) is 16.3 Å². The van der Waals surface area contributed by atoms with E-state index in [2.05, 4.69) is 28.7 Å². The molecule has 1 atom stereocenters. The van der Waals surface area contributed by atoms with E-state index in [1.54, 1.807) is 30.0 Å². The smallest absolute Gasteiger partial charge is 0.338 e. The molecule has 1 aromatic carbocycles. The first kappa shape index (κ1) is 22.3. The Hall–Kier alpha value is -2.35. The second kappa shape index (κ2) is 10.1. The molecule has 2 aliphatic rings. The van der Waals surface area contributed by atoms with E-state index in [0.29, 0.717) is 29.4 Å². The maximum absolute atomic E-state index is 13.1. The molecule has 2 amide bonds. The van der Waals surface area contributed by atoms with Crippen LogP contribution in [0.25, 0.3) is 0 Å². The van der Waals surface area contributed by atoms with Crippen LogP contribution in [0.4, 0.5) is 4.79 Å². The summed E-state index contributed by atoms with van der Waals surface area (Å²) < 4.78 is 5.40. The summed E-state index contributed by atoms with van der Waals surface area (Å²) in [6, 6.07) is 6.29. The number of halogens is 1. The number of amides is 2. The Morgan fingerprint density at radius 1 is 1.27 bits per heavy atom. The number of ether oxygens (including phenoxy) is 1. The highest BCUT2D eigenvalue weighted by Gasteiger charge is 2.38. The average Bonchev–Trinajstić information content (AvgIpc) is 2.72. The summed E-state index contributed by atoms with van der Waals surface area (Å²) >= 11 is 6.04. The molecular weight excluding hydrogens is 404 g/mol. The van der Waals surface area contributed by atoms with E-state index in [9.17, 15) is 9.59 Å². The highest BCUT2D eigenvalue weighted by atomic mass is 35.5. The molecule has 0 radical (unpaired) electrons. The van der Waals surface area contributed by atoms with Crippen LogP contribution in [0.1, 0.15) is 18.5 Å². The molecule has 2 aliphatic heterocycles. The van der Waals surface area contributed by atoms with Crippen molar-refractivity contribution in [1.29, 1.82) is 0 Å². The molecular formula is C22H29ClN4O3. The predicted octanol–water partition coefficient (Wildman–Crippen LogP) is 2.66. The second-order valence-electron chi connectivity index (χ2n) is 7.49. The fourth-order valence-corrected chi connectivity index (χ4v) is 3.89. The number of esters is 1. The third kappa shape index (κ3) is 5.03. The minimum absolute atomic E-state index is 0.257. The molecule has 1 N–H and O–H groups in total. The van der Waals surface area contributed by atoms with Gasteiger partial charge in [-0.1, -0.05) is 29.8 Å². The number of hydrogen-bond acceptors (Lipinski definition) is 5. The van der Waals surface area contributed by atoms with Gasteiger partial charge < -0.3 is 15.0 Å². The van der Waals surface area contributed by atoms with Crippen molar-refractivity contribution >= 4 is 23.6 Å². The molecule has 0 aliphatic carbocycles. The van der Waals surface area contributed by atoms with Gasteiger partial charge in [0, 0.05) is 50.0 Å². The summed E-state index contributed by atoms with van der Waals surface area (Å²) in [5.41, 5.74) is 1.91. The number of hydrogen-bond donors (Lipinski definition) is 1. The summed E-state index contributed by atoms with van der Waals surface area (Å²) in [5.74, 6) is -0.421. The lowest BCUT2D eigenvalue weighted by Crippen LogP contribution is -2.52. The summed E-state index contributed by atoms with van der Waals surface area (Å²) in [6.45, 7) is 10.2. The van der Waals surface area contributed by atoms with Crippen LogP contribution in [0, 0.1) is 0 Å². The van der Waals surface area contributed by atoms with Gasteiger partial charge in [0.1, 0.15) is 0 Å². The zero-order chi connectivity index (χ0) is 21.7. The van der Waals surface area contributed by atoms with Gasteiger partial charge in [0.05, 0.1) is 18.2 Å². The van der Waals surface area contributed by atoms with Crippen LogP contribution in [-0.4, -0.2) is 79.6 Å². The SMILES string of the molecule is C=CCN1C(=O)N[C@H](c2ccc(Cl)cc2)C(C(=O)OCC)=C1CN1CCN(C)CC1. The van der Waals surface area contributed by atoms with Crippen LogP contribution in [0.5, 0.6) is 0 Å². The molecule has 2 heterocycles. The van der Waals surface area contributed by atoms with Crippen LogP contribution < -0.4 is 5.32 Å². The highest BCUT2D eigenvalue weighted by molar-refractivity contribution is 6.30. The molecule has 0 spiro atoms. The first-order valence-electron chi connectivity index (χ1n) is 10.2. The number of rotatable bonds is 7. The first-order valence-corrected chi connectivity index (χ1v) is 10.6. The van der Waals surface area contributed by atoms with Crippen molar-refractivity contribution in [3.63, 3.8) is 0 Å². The molecule has 1 saturated heterocycles. The van der Waals surface area contributed by atoms with E-state index < -0.39 is 12.0 Å². The molecule has 0 aromatic heterocycles. The number of likely N-dealkylation sites (N-methyl/N-ethyl adjacent to an activating group) is 1. The van der Waals surface area contributed by atoms with Gasteiger partial charge in [-0.2, -0.15) is 0 Å². The van der Waals surface area contributed by atoms with Crippen molar-refractivity contribution in [2.45, 2.75) is 13.0 Å². The van der Waals surface area contributed by atoms with Crippen LogP contribution in [-0.2, 0) is 9.53 Å². The maximum Gasteiger partial charge on any atom is 0.338 e. The van der Waals surface area contributed by atoms with Crippen molar-refractivity contribution < 1.29 is 14.3 Å². The van der Waals surface area contributed by atoms with Gasteiger partial charge >= 0.3 is 12.0 Å². The van der Waals surface area contributed by atoms with E-state index in [-0.39, 0.29) is 12.6 Å². The number of carbonyl (C=O) groups excluding carboxylic acids is 2. The summed E-state index contributed by atoms with van der Waals surface area (Å²) in [4.78, 5) is 32.2. The van der Waals surface area contributed by atoms with Gasteiger partial charge in [0.15, 0.2) is 0 Å². The first-order chi connectivity index (χ1) is 14.4. The molecule has 3 rings (SSSR count). The summed E-state index contributed by atoms with van der Waals surface area (Å²) in [7, 11) is 2.09. The zero-order valence-corrected chi connectivity index (χ0v) is 18.3. The predicted molar refractivity (Wildman–Crippen MR) is 117 cm³/mol. The van der Waals surface area contributed by atoms with E-state index >= 15 is 0 Å². The Morgan fingerprint density at radius 2 is 1.93 bits per heavy atom. The van der Waals surface area contributed by atoms with Crippen LogP contribution in [0.15, 0.2) is 48.2 Å². The summed E-state index contributed by atoms with van der Waals surface area (Å²) in [5, 5.41) is 3.55. The molecule has 0 bridgehead atoms. The molecule has 0 unspecified atom stereocenters. The third-order valence-corrected chi connectivity index (χ3v) is 5.67. The van der Waals surface area contributed by atoms with E-state index in [1.165, 1.54) is 0 Å². The second-order valence-corrected chi connectivity index (χ2v) is 7.93. The van der Waals surface area contributed by atoms with E-state index in [0.717, 1.165) is 31.7 Å². The van der Waals surface area contributed by atoms with E-state index in [1.807, 2.05) is 12.1 Å². The number of urea groups is 1. The van der Waals surface area contributed by atoms with Gasteiger partial charge in [0.25, 0.3) is 0 Å². The quantitative estimate of drug-likeness (QED) is 0.530. The largest absolute Gasteiger partial charge is 0.463 e. The number of piperazine rings is 1. The number of nitrogens with zero attached hydrogens (tertiary/aromatic N) is 3. The molecule has 0 saturated carbocycles. The molecule has 8 heteroatoms.